The number of methoxy groups -OCH3 is 1. The normalized spacial score (nSPS) is 38.9. The van der Waals surface area contributed by atoms with E-state index in [0.717, 1.165) is 0 Å². The first-order chi connectivity index (χ1) is 17.2. The van der Waals surface area contributed by atoms with Gasteiger partial charge in [-0.1, -0.05) is 0 Å². The number of aliphatic hydroxyl groups excluding tert-OH is 3. The van der Waals surface area contributed by atoms with Crippen molar-refractivity contribution in [1.29, 1.82) is 0 Å². The van der Waals surface area contributed by atoms with Crippen LogP contribution in [0.15, 0.2) is 12.7 Å². The molecule has 0 aromatic carbocycles. The molecule has 18 heteroatoms. The molecule has 5 rings (SSSR count). The first-order valence-electron chi connectivity index (χ1n) is 10.8. The monoisotopic (exact) mass is 535 g/mol. The van der Waals surface area contributed by atoms with E-state index in [0.29, 0.717) is 17.0 Å². The van der Waals surface area contributed by atoms with Gasteiger partial charge in [-0.15, -0.1) is 0 Å². The first-order valence-corrected chi connectivity index (χ1v) is 12.2. The highest BCUT2D eigenvalue weighted by Gasteiger charge is 2.55. The Morgan fingerprint density at radius 2 is 1.94 bits per heavy atom. The van der Waals surface area contributed by atoms with Crippen molar-refractivity contribution in [1.82, 2.24) is 19.9 Å². The Kier molecular flexibility index (Phi) is 7.09. The SMILES string of the molecule is CO[C@@H]1[C@@H](O)[C@H](O[C@@H]2[C@@H]3OC[C@H]2O[C@@H](O)[C@@H]3O)O[C@H](CNc2ncnc3nc[nH]c23)[C@@H]1OS(=O)(=O)O. The fourth-order valence-corrected chi connectivity index (χ4v) is 5.07. The zero-order valence-corrected chi connectivity index (χ0v) is 19.5. The second-order valence-corrected chi connectivity index (χ2v) is 9.43. The van der Waals surface area contributed by atoms with E-state index in [1.165, 1.54) is 19.8 Å². The third kappa shape index (κ3) is 4.89. The van der Waals surface area contributed by atoms with E-state index in [1.54, 1.807) is 0 Å². The lowest BCUT2D eigenvalue weighted by atomic mass is 9.97. The summed E-state index contributed by atoms with van der Waals surface area (Å²) in [7, 11) is -3.78. The summed E-state index contributed by atoms with van der Waals surface area (Å²) in [6.07, 6.45) is -9.90. The number of hydrogen-bond acceptors (Lipinski definition) is 15. The third-order valence-electron chi connectivity index (χ3n) is 6.19. The molecule has 3 fully saturated rings. The Morgan fingerprint density at radius 1 is 1.14 bits per heavy atom. The molecule has 36 heavy (non-hydrogen) atoms. The maximum atomic E-state index is 11.6. The van der Waals surface area contributed by atoms with Crippen molar-refractivity contribution in [3.05, 3.63) is 12.7 Å². The van der Waals surface area contributed by atoms with E-state index >= 15 is 0 Å². The lowest BCUT2D eigenvalue weighted by Crippen LogP contribution is -2.64. The molecule has 2 bridgehead atoms. The van der Waals surface area contributed by atoms with Crippen molar-refractivity contribution < 1.29 is 56.2 Å². The molecule has 0 unspecified atom stereocenters. The number of fused-ring (bicyclic) bond motifs is 3. The number of hydrogen-bond donors (Lipinski definition) is 6. The van der Waals surface area contributed by atoms with Crippen LogP contribution in [0.2, 0.25) is 0 Å². The topological polar surface area (TPSA) is 237 Å². The van der Waals surface area contributed by atoms with Gasteiger partial charge in [0.15, 0.2) is 24.0 Å². The number of H-pyrrole nitrogens is 1. The van der Waals surface area contributed by atoms with Crippen molar-refractivity contribution in [2.75, 3.05) is 25.6 Å². The van der Waals surface area contributed by atoms with Gasteiger partial charge in [-0.2, -0.15) is 8.42 Å². The summed E-state index contributed by atoms with van der Waals surface area (Å²) in [5.74, 6) is 0.313. The molecule has 3 saturated heterocycles. The van der Waals surface area contributed by atoms with Crippen LogP contribution in [0.5, 0.6) is 0 Å². The van der Waals surface area contributed by atoms with Gasteiger partial charge in [-0.3, -0.25) is 4.55 Å². The van der Waals surface area contributed by atoms with E-state index in [-0.39, 0.29) is 13.2 Å². The van der Waals surface area contributed by atoms with Gasteiger partial charge in [-0.25, -0.2) is 19.1 Å². The average Bonchev–Trinajstić information content (AvgIpc) is 3.42. The minimum Gasteiger partial charge on any atom is -0.385 e. The minimum absolute atomic E-state index is 0.0212. The summed E-state index contributed by atoms with van der Waals surface area (Å²) in [6.45, 7) is -0.128. The molecule has 0 amide bonds. The molecule has 17 nitrogen and oxygen atoms in total. The van der Waals surface area contributed by atoms with Gasteiger partial charge in [0.1, 0.15) is 60.7 Å². The van der Waals surface area contributed by atoms with Gasteiger partial charge in [0, 0.05) is 13.7 Å². The molecule has 5 heterocycles. The van der Waals surface area contributed by atoms with Crippen molar-refractivity contribution in [3.63, 3.8) is 0 Å². The summed E-state index contributed by atoms with van der Waals surface area (Å²) in [6, 6.07) is 0. The summed E-state index contributed by atoms with van der Waals surface area (Å²) in [4.78, 5) is 15.0. The fourth-order valence-electron chi connectivity index (χ4n) is 4.55. The van der Waals surface area contributed by atoms with E-state index in [1.807, 2.05) is 0 Å². The van der Waals surface area contributed by atoms with E-state index < -0.39 is 71.8 Å². The summed E-state index contributed by atoms with van der Waals surface area (Å²) in [5, 5.41) is 33.8. The third-order valence-corrected chi connectivity index (χ3v) is 6.66. The average molecular weight is 535 g/mol. The summed E-state index contributed by atoms with van der Waals surface area (Å²) in [5.41, 5.74) is 0.847. The lowest BCUT2D eigenvalue weighted by Gasteiger charge is -2.45. The molecule has 0 saturated carbocycles. The maximum Gasteiger partial charge on any atom is 0.397 e. The van der Waals surface area contributed by atoms with E-state index in [9.17, 15) is 28.3 Å². The number of imidazole rings is 1. The summed E-state index contributed by atoms with van der Waals surface area (Å²) < 4.78 is 65.0. The van der Waals surface area contributed by atoms with Crippen LogP contribution >= 0.6 is 0 Å². The summed E-state index contributed by atoms with van der Waals surface area (Å²) >= 11 is 0. The van der Waals surface area contributed by atoms with Crippen molar-refractivity contribution in [2.45, 2.75) is 61.4 Å². The van der Waals surface area contributed by atoms with Crippen LogP contribution in [0, 0.1) is 0 Å². The molecular weight excluding hydrogens is 510 g/mol. The maximum absolute atomic E-state index is 11.6. The Labute approximate surface area is 203 Å². The number of aromatic amines is 1. The van der Waals surface area contributed by atoms with Crippen molar-refractivity contribution in [3.8, 4) is 0 Å². The largest absolute Gasteiger partial charge is 0.397 e. The van der Waals surface area contributed by atoms with Gasteiger partial charge < -0.3 is 49.3 Å². The highest BCUT2D eigenvalue weighted by atomic mass is 32.3. The van der Waals surface area contributed by atoms with Crippen LogP contribution in [0.3, 0.4) is 0 Å². The van der Waals surface area contributed by atoms with Crippen LogP contribution in [-0.4, -0.2) is 130 Å². The van der Waals surface area contributed by atoms with Gasteiger partial charge in [0.2, 0.25) is 0 Å². The number of nitrogens with one attached hydrogen (secondary N) is 2. The highest BCUT2D eigenvalue weighted by Crippen LogP contribution is 2.35. The quantitative estimate of drug-likeness (QED) is 0.184. The van der Waals surface area contributed by atoms with Crippen molar-refractivity contribution in [2.24, 2.45) is 0 Å². The molecule has 2 aromatic rings. The molecule has 2 aromatic heterocycles. The lowest BCUT2D eigenvalue weighted by molar-refractivity contribution is -0.332. The van der Waals surface area contributed by atoms with Gasteiger partial charge in [-0.05, 0) is 0 Å². The molecule has 0 aliphatic carbocycles. The van der Waals surface area contributed by atoms with Crippen LogP contribution < -0.4 is 5.32 Å². The predicted octanol–water partition coefficient (Wildman–Crippen LogP) is -3.08. The molecule has 0 spiro atoms. The first kappa shape index (κ1) is 25.5. The van der Waals surface area contributed by atoms with Crippen LogP contribution in [0.4, 0.5) is 5.82 Å². The zero-order chi connectivity index (χ0) is 25.6. The number of aromatic nitrogens is 4. The minimum atomic E-state index is -4.98. The second-order valence-electron chi connectivity index (χ2n) is 8.38. The molecule has 3 aliphatic rings. The molecular formula is C18H25N5O12S. The Hall–Kier alpha value is -2.10. The zero-order valence-electron chi connectivity index (χ0n) is 18.6. The van der Waals surface area contributed by atoms with Gasteiger partial charge in [0.25, 0.3) is 0 Å². The van der Waals surface area contributed by atoms with E-state index in [4.69, 9.17) is 27.9 Å². The Bertz CT molecular complexity index is 1170. The molecule has 6 N–H and O–H groups in total. The number of aliphatic hydroxyl groups is 3. The second kappa shape index (κ2) is 9.99. The Morgan fingerprint density at radius 3 is 2.69 bits per heavy atom. The molecule has 0 radical (unpaired) electrons. The number of nitrogens with zero attached hydrogens (tertiary/aromatic N) is 3. The highest BCUT2D eigenvalue weighted by molar-refractivity contribution is 7.80. The standard InChI is InChI=1S/C18H25N5O12S/c1-30-13-10(25)18(34-11-7-3-31-14(11)9(24)17(26)32-7)33-6(12(13)35-36(27,28)29)2-19-15-8-16(21-4-20-8)23-5-22-15/h4-7,9-14,17-18,24-26H,2-3H2,1H3,(H,27,28,29)(H2,19,20,21,22,23)/t6-,7-,9-,10-,11+,12+,13-,14-,17-,18+/m1/s1. The molecule has 3 aliphatic heterocycles. The smallest absolute Gasteiger partial charge is 0.385 e. The molecule has 10 atom stereocenters. The fraction of sp³-hybridized carbons (Fsp3) is 0.722. The number of ether oxygens (including phenoxy) is 5. The van der Waals surface area contributed by atoms with Gasteiger partial charge in [0.05, 0.1) is 12.9 Å². The van der Waals surface area contributed by atoms with Crippen LogP contribution in [0.25, 0.3) is 11.2 Å². The number of anilines is 1. The number of rotatable bonds is 8. The predicted molar refractivity (Wildman–Crippen MR) is 114 cm³/mol. The Balaban J connectivity index is 1.38. The van der Waals surface area contributed by atoms with Gasteiger partial charge >= 0.3 is 10.4 Å². The van der Waals surface area contributed by atoms with Crippen LogP contribution in [0.1, 0.15) is 0 Å². The van der Waals surface area contributed by atoms with E-state index in [2.05, 4.69) is 25.3 Å². The van der Waals surface area contributed by atoms with Crippen molar-refractivity contribution >= 4 is 27.4 Å². The van der Waals surface area contributed by atoms with Crippen LogP contribution in [-0.2, 0) is 38.3 Å². The molecule has 200 valence electrons.